The van der Waals surface area contributed by atoms with Crippen molar-refractivity contribution in [2.45, 2.75) is 65.5 Å². The lowest BCUT2D eigenvalue weighted by Gasteiger charge is -2.37. The highest BCUT2D eigenvalue weighted by atomic mass is 16.2. The van der Waals surface area contributed by atoms with Gasteiger partial charge in [-0.3, -0.25) is 4.79 Å². The minimum Gasteiger partial charge on any atom is -0.371 e. The summed E-state index contributed by atoms with van der Waals surface area (Å²) in [6.07, 6.45) is 4.49. The SMILES string of the molecule is CC[C@H]1CCCCN1C(=O)[C@H](C)Nc1c(C)nn(-c2ccccc2)c1C. The quantitative estimate of drug-likeness (QED) is 0.880. The maximum atomic E-state index is 13.0. The van der Waals surface area contributed by atoms with Crippen molar-refractivity contribution >= 4 is 11.6 Å². The maximum absolute atomic E-state index is 13.0. The summed E-state index contributed by atoms with van der Waals surface area (Å²) in [5.41, 5.74) is 3.93. The van der Waals surface area contributed by atoms with E-state index in [4.69, 9.17) is 0 Å². The average Bonchev–Trinajstić information content (AvgIpc) is 2.96. The van der Waals surface area contributed by atoms with Crippen LogP contribution < -0.4 is 5.32 Å². The van der Waals surface area contributed by atoms with Crippen molar-refractivity contribution in [1.82, 2.24) is 14.7 Å². The number of hydrogen-bond acceptors (Lipinski definition) is 3. The van der Waals surface area contributed by atoms with Crippen molar-refractivity contribution in [3.8, 4) is 5.69 Å². The fourth-order valence-electron chi connectivity index (χ4n) is 3.91. The first-order valence-corrected chi connectivity index (χ1v) is 9.71. The molecule has 140 valence electrons. The van der Waals surface area contributed by atoms with Crippen molar-refractivity contribution in [1.29, 1.82) is 0 Å². The highest BCUT2D eigenvalue weighted by Gasteiger charge is 2.29. The molecule has 1 aliphatic heterocycles. The third kappa shape index (κ3) is 3.62. The van der Waals surface area contributed by atoms with Gasteiger partial charge in [0.25, 0.3) is 0 Å². The molecule has 2 atom stereocenters. The smallest absolute Gasteiger partial charge is 0.245 e. The zero-order valence-electron chi connectivity index (χ0n) is 16.3. The first kappa shape index (κ1) is 18.5. The summed E-state index contributed by atoms with van der Waals surface area (Å²) in [4.78, 5) is 15.1. The van der Waals surface area contributed by atoms with E-state index in [-0.39, 0.29) is 11.9 Å². The molecule has 5 nitrogen and oxygen atoms in total. The first-order valence-electron chi connectivity index (χ1n) is 9.71. The number of rotatable bonds is 5. The lowest BCUT2D eigenvalue weighted by molar-refractivity contribution is -0.135. The van der Waals surface area contributed by atoms with Gasteiger partial charge in [0.2, 0.25) is 5.91 Å². The number of amides is 1. The number of likely N-dealkylation sites (tertiary alicyclic amines) is 1. The number of aryl methyl sites for hydroxylation is 1. The van der Waals surface area contributed by atoms with E-state index in [2.05, 4.69) is 22.2 Å². The van der Waals surface area contributed by atoms with Crippen LogP contribution in [0.2, 0.25) is 0 Å². The van der Waals surface area contributed by atoms with E-state index in [0.29, 0.717) is 6.04 Å². The summed E-state index contributed by atoms with van der Waals surface area (Å²) in [5, 5.41) is 8.10. The number of hydrogen-bond donors (Lipinski definition) is 1. The Balaban J connectivity index is 1.78. The molecule has 0 spiro atoms. The Morgan fingerprint density at radius 1 is 1.27 bits per heavy atom. The lowest BCUT2D eigenvalue weighted by atomic mass is 9.99. The highest BCUT2D eigenvalue weighted by molar-refractivity contribution is 5.85. The molecule has 1 fully saturated rings. The Bertz CT molecular complexity index is 753. The van der Waals surface area contributed by atoms with Crippen LogP contribution in [0.3, 0.4) is 0 Å². The predicted octanol–water partition coefficient (Wildman–Crippen LogP) is 4.08. The van der Waals surface area contributed by atoms with E-state index in [1.54, 1.807) is 0 Å². The fraction of sp³-hybridized carbons (Fsp3) is 0.524. The number of para-hydroxylation sites is 1. The Kier molecular flexibility index (Phi) is 5.64. The second-order valence-corrected chi connectivity index (χ2v) is 7.25. The van der Waals surface area contributed by atoms with Crippen molar-refractivity contribution in [2.24, 2.45) is 0 Å². The predicted molar refractivity (Wildman–Crippen MR) is 106 cm³/mol. The molecule has 26 heavy (non-hydrogen) atoms. The van der Waals surface area contributed by atoms with Gasteiger partial charge in [0.15, 0.2) is 0 Å². The molecule has 1 aliphatic rings. The first-order chi connectivity index (χ1) is 12.5. The number of piperidine rings is 1. The highest BCUT2D eigenvalue weighted by Crippen LogP contribution is 2.25. The monoisotopic (exact) mass is 354 g/mol. The van der Waals surface area contributed by atoms with Gasteiger partial charge in [-0.2, -0.15) is 5.10 Å². The summed E-state index contributed by atoms with van der Waals surface area (Å²) >= 11 is 0. The summed E-state index contributed by atoms with van der Waals surface area (Å²) < 4.78 is 1.94. The zero-order valence-corrected chi connectivity index (χ0v) is 16.3. The molecule has 1 N–H and O–H groups in total. The van der Waals surface area contributed by atoms with Crippen LogP contribution in [0.1, 0.15) is 50.9 Å². The number of aromatic nitrogens is 2. The molecular weight excluding hydrogens is 324 g/mol. The Labute approximate surface area is 156 Å². The van der Waals surface area contributed by atoms with Crippen molar-refractivity contribution in [2.75, 3.05) is 11.9 Å². The van der Waals surface area contributed by atoms with Crippen LogP contribution in [0.25, 0.3) is 5.69 Å². The van der Waals surface area contributed by atoms with Crippen LogP contribution in [-0.4, -0.2) is 39.2 Å². The zero-order chi connectivity index (χ0) is 18.7. The third-order valence-electron chi connectivity index (χ3n) is 5.40. The van der Waals surface area contributed by atoms with Gasteiger partial charge in [0, 0.05) is 12.6 Å². The van der Waals surface area contributed by atoms with E-state index in [1.165, 1.54) is 6.42 Å². The van der Waals surface area contributed by atoms with Crippen LogP contribution >= 0.6 is 0 Å². The van der Waals surface area contributed by atoms with Crippen LogP contribution in [-0.2, 0) is 4.79 Å². The number of benzene rings is 1. The largest absolute Gasteiger partial charge is 0.371 e. The summed E-state index contributed by atoms with van der Waals surface area (Å²) in [6.45, 7) is 9.05. The van der Waals surface area contributed by atoms with E-state index < -0.39 is 0 Å². The maximum Gasteiger partial charge on any atom is 0.245 e. The Hall–Kier alpha value is -2.30. The van der Waals surface area contributed by atoms with Crippen LogP contribution in [0.15, 0.2) is 30.3 Å². The van der Waals surface area contributed by atoms with Gasteiger partial charge in [-0.05, 0) is 58.6 Å². The third-order valence-corrected chi connectivity index (χ3v) is 5.40. The molecule has 0 unspecified atom stereocenters. The second-order valence-electron chi connectivity index (χ2n) is 7.25. The van der Waals surface area contributed by atoms with Gasteiger partial charge in [-0.1, -0.05) is 25.1 Å². The van der Waals surface area contributed by atoms with Crippen LogP contribution in [0.4, 0.5) is 5.69 Å². The van der Waals surface area contributed by atoms with Crippen molar-refractivity contribution < 1.29 is 4.79 Å². The van der Waals surface area contributed by atoms with Crippen molar-refractivity contribution in [3.63, 3.8) is 0 Å². The van der Waals surface area contributed by atoms with E-state index in [9.17, 15) is 4.79 Å². The van der Waals surface area contributed by atoms with Gasteiger partial charge >= 0.3 is 0 Å². The molecule has 2 aromatic rings. The molecule has 1 saturated heterocycles. The molecule has 0 saturated carbocycles. The van der Waals surface area contributed by atoms with E-state index in [1.807, 2.05) is 55.8 Å². The number of carbonyl (C=O) groups is 1. The summed E-state index contributed by atoms with van der Waals surface area (Å²) in [5.74, 6) is 0.197. The number of anilines is 1. The van der Waals surface area contributed by atoms with Gasteiger partial charge in [0.1, 0.15) is 6.04 Å². The minimum atomic E-state index is -0.257. The van der Waals surface area contributed by atoms with Gasteiger partial charge in [-0.15, -0.1) is 0 Å². The Morgan fingerprint density at radius 2 is 2.00 bits per heavy atom. The van der Waals surface area contributed by atoms with Gasteiger partial charge in [0.05, 0.1) is 22.8 Å². The molecule has 0 bridgehead atoms. The standard InChI is InChI=1S/C21H30N4O/c1-5-18-11-9-10-14-24(18)21(26)16(3)22-20-15(2)23-25(17(20)4)19-12-7-6-8-13-19/h6-8,12-13,16,18,22H,5,9-11,14H2,1-4H3/t16-,18-/m0/s1. The number of nitrogens with one attached hydrogen (secondary N) is 1. The normalized spacial score (nSPS) is 18.6. The fourth-order valence-corrected chi connectivity index (χ4v) is 3.91. The van der Waals surface area contributed by atoms with E-state index >= 15 is 0 Å². The molecule has 0 radical (unpaired) electrons. The molecule has 5 heteroatoms. The number of carbonyl (C=O) groups excluding carboxylic acids is 1. The summed E-state index contributed by atoms with van der Waals surface area (Å²) in [6, 6.07) is 10.2. The molecule has 1 aromatic carbocycles. The molecule has 1 aromatic heterocycles. The number of nitrogens with zero attached hydrogens (tertiary/aromatic N) is 3. The Morgan fingerprint density at radius 3 is 2.69 bits per heavy atom. The molecular formula is C21H30N4O. The topological polar surface area (TPSA) is 50.2 Å². The van der Waals surface area contributed by atoms with E-state index in [0.717, 1.165) is 48.6 Å². The van der Waals surface area contributed by atoms with Crippen LogP contribution in [0.5, 0.6) is 0 Å². The van der Waals surface area contributed by atoms with Crippen molar-refractivity contribution in [3.05, 3.63) is 41.7 Å². The van der Waals surface area contributed by atoms with Gasteiger partial charge < -0.3 is 10.2 Å². The molecule has 1 amide bonds. The molecule has 0 aliphatic carbocycles. The van der Waals surface area contributed by atoms with Crippen LogP contribution in [0, 0.1) is 13.8 Å². The van der Waals surface area contributed by atoms with Gasteiger partial charge in [-0.25, -0.2) is 4.68 Å². The summed E-state index contributed by atoms with van der Waals surface area (Å²) in [7, 11) is 0. The minimum absolute atomic E-state index is 0.197. The lowest BCUT2D eigenvalue weighted by Crippen LogP contribution is -2.49. The molecule has 3 rings (SSSR count). The second kappa shape index (κ2) is 7.94. The molecule has 2 heterocycles. The average molecular weight is 354 g/mol.